The van der Waals surface area contributed by atoms with Crippen molar-refractivity contribution in [1.82, 2.24) is 0 Å². The summed E-state index contributed by atoms with van der Waals surface area (Å²) in [5.41, 5.74) is 8.42. The predicted molar refractivity (Wildman–Crippen MR) is 87.5 cm³/mol. The summed E-state index contributed by atoms with van der Waals surface area (Å²) >= 11 is 0. The van der Waals surface area contributed by atoms with Gasteiger partial charge in [-0.15, -0.1) is 0 Å². The van der Waals surface area contributed by atoms with Crippen LogP contribution in [0.25, 0.3) is 11.0 Å². The molecule has 1 aromatic heterocycles. The Morgan fingerprint density at radius 1 is 1.05 bits per heavy atom. The van der Waals surface area contributed by atoms with Crippen LogP contribution in [0.15, 0.2) is 65.1 Å². The largest absolute Gasteiger partial charge is 0.459 e. The number of nitrogens with two attached hydrogens (primary N) is 1. The minimum absolute atomic E-state index is 0.141. The number of nitrogens with zero attached hydrogens (tertiary/aromatic N) is 1. The molecule has 0 spiro atoms. The highest BCUT2D eigenvalue weighted by Gasteiger charge is 2.15. The first-order chi connectivity index (χ1) is 10.3. The molecule has 3 nitrogen and oxygen atoms in total. The molecule has 0 saturated carbocycles. The van der Waals surface area contributed by atoms with E-state index in [1.807, 2.05) is 48.5 Å². The van der Waals surface area contributed by atoms with E-state index in [2.05, 4.69) is 24.0 Å². The fourth-order valence-corrected chi connectivity index (χ4v) is 2.57. The van der Waals surface area contributed by atoms with Crippen molar-refractivity contribution in [3.05, 3.63) is 66.4 Å². The van der Waals surface area contributed by atoms with Crippen LogP contribution in [-0.4, -0.2) is 13.1 Å². The quantitative estimate of drug-likeness (QED) is 0.769. The molecule has 21 heavy (non-hydrogen) atoms. The van der Waals surface area contributed by atoms with Crippen LogP contribution in [0.3, 0.4) is 0 Å². The molecule has 0 amide bonds. The fourth-order valence-electron chi connectivity index (χ4n) is 2.57. The van der Waals surface area contributed by atoms with Gasteiger partial charge in [0.05, 0.1) is 6.04 Å². The summed E-state index contributed by atoms with van der Waals surface area (Å²) in [6, 6.07) is 20.2. The summed E-state index contributed by atoms with van der Waals surface area (Å²) in [7, 11) is 0. The highest BCUT2D eigenvalue weighted by molar-refractivity contribution is 5.77. The fraction of sp³-hybridized carbons (Fsp3) is 0.222. The van der Waals surface area contributed by atoms with Crippen molar-refractivity contribution in [3.63, 3.8) is 0 Å². The van der Waals surface area contributed by atoms with Gasteiger partial charge in [-0.25, -0.2) is 0 Å². The molecule has 3 rings (SSSR count). The third-order valence-corrected chi connectivity index (χ3v) is 3.73. The van der Waals surface area contributed by atoms with Gasteiger partial charge in [-0.1, -0.05) is 36.4 Å². The molecule has 2 N–H and O–H groups in total. The van der Waals surface area contributed by atoms with E-state index in [1.54, 1.807) is 0 Å². The number of benzene rings is 2. The van der Waals surface area contributed by atoms with E-state index >= 15 is 0 Å². The van der Waals surface area contributed by atoms with Gasteiger partial charge in [0.1, 0.15) is 11.3 Å². The number of anilines is 1. The van der Waals surface area contributed by atoms with Crippen LogP contribution < -0.4 is 10.6 Å². The first kappa shape index (κ1) is 13.7. The monoisotopic (exact) mass is 280 g/mol. The molecule has 3 aromatic rings. The Balaban J connectivity index is 1.79. The lowest BCUT2D eigenvalue weighted by molar-refractivity contribution is 0.492. The molecule has 0 aliphatic rings. The second kappa shape index (κ2) is 6.02. The summed E-state index contributed by atoms with van der Waals surface area (Å²) in [6.07, 6.45) is 0. The lowest BCUT2D eigenvalue weighted by Gasteiger charge is -2.25. The van der Waals surface area contributed by atoms with Crippen molar-refractivity contribution < 1.29 is 4.42 Å². The molecule has 1 unspecified atom stereocenters. The van der Waals surface area contributed by atoms with Gasteiger partial charge in [-0.2, -0.15) is 0 Å². The lowest BCUT2D eigenvalue weighted by atomic mass is 10.2. The van der Waals surface area contributed by atoms with Crippen LogP contribution in [0.4, 0.5) is 5.69 Å². The van der Waals surface area contributed by atoms with Crippen molar-refractivity contribution in [1.29, 1.82) is 0 Å². The van der Waals surface area contributed by atoms with Crippen LogP contribution in [-0.2, 0) is 0 Å². The number of hydrogen-bond acceptors (Lipinski definition) is 3. The molecule has 0 saturated heterocycles. The number of fused-ring (bicyclic) bond motifs is 1. The van der Waals surface area contributed by atoms with Crippen molar-refractivity contribution in [2.24, 2.45) is 5.73 Å². The van der Waals surface area contributed by atoms with Gasteiger partial charge >= 0.3 is 0 Å². The van der Waals surface area contributed by atoms with E-state index in [-0.39, 0.29) is 6.04 Å². The number of likely N-dealkylation sites (N-methyl/N-ethyl adjacent to an activating group) is 1. The van der Waals surface area contributed by atoms with Gasteiger partial charge in [-0.3, -0.25) is 0 Å². The zero-order valence-corrected chi connectivity index (χ0v) is 12.2. The summed E-state index contributed by atoms with van der Waals surface area (Å²) in [6.45, 7) is 3.79. The number of furan rings is 1. The highest BCUT2D eigenvalue weighted by atomic mass is 16.3. The van der Waals surface area contributed by atoms with E-state index in [1.165, 1.54) is 5.69 Å². The van der Waals surface area contributed by atoms with Crippen molar-refractivity contribution >= 4 is 16.7 Å². The Labute approximate surface area is 125 Å². The molecular formula is C18H20N2O. The number of rotatable bonds is 5. The minimum Gasteiger partial charge on any atom is -0.459 e. The summed E-state index contributed by atoms with van der Waals surface area (Å²) in [5, 5.41) is 1.10. The van der Waals surface area contributed by atoms with E-state index in [9.17, 15) is 0 Å². The van der Waals surface area contributed by atoms with Crippen LogP contribution >= 0.6 is 0 Å². The molecule has 0 radical (unpaired) electrons. The predicted octanol–water partition coefficient (Wildman–Crippen LogP) is 3.96. The SMILES string of the molecule is CCN(CC(N)c1cc2ccccc2o1)c1ccccc1. The molecule has 1 heterocycles. The second-order valence-corrected chi connectivity index (χ2v) is 5.17. The molecule has 2 aromatic carbocycles. The second-order valence-electron chi connectivity index (χ2n) is 5.17. The maximum absolute atomic E-state index is 6.34. The van der Waals surface area contributed by atoms with Crippen LogP contribution in [0.1, 0.15) is 18.7 Å². The van der Waals surface area contributed by atoms with E-state index < -0.39 is 0 Å². The van der Waals surface area contributed by atoms with E-state index in [0.717, 1.165) is 29.8 Å². The van der Waals surface area contributed by atoms with E-state index in [4.69, 9.17) is 10.2 Å². The van der Waals surface area contributed by atoms with Crippen molar-refractivity contribution in [2.75, 3.05) is 18.0 Å². The zero-order chi connectivity index (χ0) is 14.7. The van der Waals surface area contributed by atoms with Crippen molar-refractivity contribution in [3.8, 4) is 0 Å². The highest BCUT2D eigenvalue weighted by Crippen LogP contribution is 2.24. The normalized spacial score (nSPS) is 12.5. The molecule has 0 aliphatic carbocycles. The Morgan fingerprint density at radius 3 is 2.48 bits per heavy atom. The van der Waals surface area contributed by atoms with Crippen LogP contribution in [0.5, 0.6) is 0 Å². The average Bonchev–Trinajstić information content (AvgIpc) is 2.97. The summed E-state index contributed by atoms with van der Waals surface area (Å²) < 4.78 is 5.86. The zero-order valence-electron chi connectivity index (χ0n) is 12.2. The van der Waals surface area contributed by atoms with E-state index in [0.29, 0.717) is 0 Å². The smallest absolute Gasteiger partial charge is 0.134 e. The van der Waals surface area contributed by atoms with Crippen molar-refractivity contribution in [2.45, 2.75) is 13.0 Å². The molecule has 0 aliphatic heterocycles. The first-order valence-electron chi connectivity index (χ1n) is 7.32. The summed E-state index contributed by atoms with van der Waals surface area (Å²) in [4.78, 5) is 2.26. The standard InChI is InChI=1S/C18H20N2O/c1-2-20(15-9-4-3-5-10-15)13-16(19)18-12-14-8-6-7-11-17(14)21-18/h3-12,16H,2,13,19H2,1H3. The maximum atomic E-state index is 6.34. The Kier molecular flexibility index (Phi) is 3.93. The Bertz CT molecular complexity index is 672. The molecular weight excluding hydrogens is 260 g/mol. The molecule has 0 fully saturated rings. The lowest BCUT2D eigenvalue weighted by Crippen LogP contribution is -2.31. The molecule has 1 atom stereocenters. The van der Waals surface area contributed by atoms with Crippen LogP contribution in [0, 0.1) is 0 Å². The Hall–Kier alpha value is -2.26. The first-order valence-corrected chi connectivity index (χ1v) is 7.32. The Morgan fingerprint density at radius 2 is 1.76 bits per heavy atom. The van der Waals surface area contributed by atoms with Gasteiger partial charge in [0, 0.05) is 24.2 Å². The number of para-hydroxylation sites is 2. The minimum atomic E-state index is -0.141. The molecule has 108 valence electrons. The molecule has 3 heteroatoms. The van der Waals surface area contributed by atoms with Gasteiger partial charge in [0.15, 0.2) is 0 Å². The molecule has 0 bridgehead atoms. The maximum Gasteiger partial charge on any atom is 0.134 e. The van der Waals surface area contributed by atoms with Gasteiger partial charge in [-0.05, 0) is 31.2 Å². The number of hydrogen-bond donors (Lipinski definition) is 1. The third kappa shape index (κ3) is 2.93. The van der Waals surface area contributed by atoms with Gasteiger partial charge in [0.25, 0.3) is 0 Å². The van der Waals surface area contributed by atoms with Gasteiger partial charge in [0.2, 0.25) is 0 Å². The van der Waals surface area contributed by atoms with Crippen LogP contribution in [0.2, 0.25) is 0 Å². The topological polar surface area (TPSA) is 42.4 Å². The van der Waals surface area contributed by atoms with Gasteiger partial charge < -0.3 is 15.1 Å². The third-order valence-electron chi connectivity index (χ3n) is 3.73. The average molecular weight is 280 g/mol. The summed E-state index contributed by atoms with van der Waals surface area (Å²) in [5.74, 6) is 0.839.